The van der Waals surface area contributed by atoms with Crippen LogP contribution in [-0.4, -0.2) is 58.7 Å². The maximum Gasteiger partial charge on any atom is 0.251 e. The summed E-state index contributed by atoms with van der Waals surface area (Å²) >= 11 is 0. The van der Waals surface area contributed by atoms with Gasteiger partial charge in [-0.1, -0.05) is 30.3 Å². The number of nitrogens with zero attached hydrogens (tertiary/aromatic N) is 8. The van der Waals surface area contributed by atoms with E-state index in [0.717, 1.165) is 56.9 Å². The van der Waals surface area contributed by atoms with Crippen LogP contribution in [0.3, 0.4) is 0 Å². The van der Waals surface area contributed by atoms with Crippen LogP contribution in [0.15, 0.2) is 103 Å². The average Bonchev–Trinajstić information content (AvgIpc) is 3.13. The number of hydrogen-bond donors (Lipinski definition) is 2. The Labute approximate surface area is 290 Å². The third-order valence-corrected chi connectivity index (χ3v) is 8.71. The highest BCUT2D eigenvalue weighted by Crippen LogP contribution is 2.25. The van der Waals surface area contributed by atoms with Crippen molar-refractivity contribution in [3.8, 4) is 34.2 Å². The van der Waals surface area contributed by atoms with Crippen molar-refractivity contribution in [3.63, 3.8) is 0 Å². The SMILES string of the molecule is NCCNC(=O)c1cc2nc(c1)-c1cccc(n1)C[N@]1Cc3cccc(n3)-c3cccc(n3)C[N@@](Cc3cccc(n3)-c3cccc(n3)C1)C2. The molecule has 14 bridgehead atoms. The first-order chi connectivity index (χ1) is 24.5. The molecule has 3 aliphatic rings. The van der Waals surface area contributed by atoms with E-state index >= 15 is 0 Å². The zero-order chi connectivity index (χ0) is 33.9. The smallest absolute Gasteiger partial charge is 0.251 e. The third kappa shape index (κ3) is 7.15. The van der Waals surface area contributed by atoms with E-state index in [1.165, 1.54) is 0 Å². The topological polar surface area (TPSA) is 139 Å². The molecule has 0 spiro atoms. The van der Waals surface area contributed by atoms with Gasteiger partial charge in [-0.2, -0.15) is 0 Å². The number of pyridine rings is 6. The van der Waals surface area contributed by atoms with E-state index in [9.17, 15) is 4.79 Å². The molecule has 0 saturated heterocycles. The first-order valence-corrected chi connectivity index (χ1v) is 16.8. The highest BCUT2D eigenvalue weighted by atomic mass is 16.1. The molecule has 3 N–H and O–H groups in total. The first-order valence-electron chi connectivity index (χ1n) is 16.8. The Balaban J connectivity index is 1.34. The zero-order valence-electron chi connectivity index (χ0n) is 27.5. The summed E-state index contributed by atoms with van der Waals surface area (Å²) in [6.07, 6.45) is 0. The van der Waals surface area contributed by atoms with Crippen molar-refractivity contribution in [1.82, 2.24) is 45.0 Å². The van der Waals surface area contributed by atoms with Crippen molar-refractivity contribution in [2.24, 2.45) is 5.73 Å². The van der Waals surface area contributed by atoms with E-state index in [4.69, 9.17) is 35.6 Å². The van der Waals surface area contributed by atoms with Crippen LogP contribution >= 0.6 is 0 Å². The van der Waals surface area contributed by atoms with Crippen molar-refractivity contribution in [2.45, 2.75) is 39.3 Å². The van der Waals surface area contributed by atoms with Gasteiger partial charge >= 0.3 is 0 Å². The molecule has 6 aromatic rings. The molecule has 0 fully saturated rings. The number of carbonyl (C=O) groups is 1. The number of aromatic nitrogens is 6. The zero-order valence-corrected chi connectivity index (χ0v) is 27.5. The number of amides is 1. The molecule has 50 heavy (non-hydrogen) atoms. The summed E-state index contributed by atoms with van der Waals surface area (Å²) in [5.41, 5.74) is 16.0. The van der Waals surface area contributed by atoms with Crippen molar-refractivity contribution >= 4 is 5.91 Å². The van der Waals surface area contributed by atoms with Crippen molar-refractivity contribution < 1.29 is 4.79 Å². The van der Waals surface area contributed by atoms with Crippen LogP contribution in [0.4, 0.5) is 0 Å². The maximum atomic E-state index is 13.3. The van der Waals surface area contributed by atoms with E-state index in [2.05, 4.69) is 27.2 Å². The third-order valence-electron chi connectivity index (χ3n) is 8.71. The summed E-state index contributed by atoms with van der Waals surface area (Å²) in [7, 11) is 0. The van der Waals surface area contributed by atoms with E-state index in [-0.39, 0.29) is 5.91 Å². The molecule has 6 aromatic heterocycles. The second kappa shape index (κ2) is 14.0. The van der Waals surface area contributed by atoms with Crippen LogP contribution in [0.2, 0.25) is 0 Å². The average molecular weight is 661 g/mol. The monoisotopic (exact) mass is 660 g/mol. The Bertz CT molecular complexity index is 2090. The molecule has 9 heterocycles. The van der Waals surface area contributed by atoms with Gasteiger partial charge in [0.2, 0.25) is 0 Å². The van der Waals surface area contributed by atoms with Gasteiger partial charge < -0.3 is 11.1 Å². The van der Waals surface area contributed by atoms with Gasteiger partial charge in [-0.05, 0) is 72.8 Å². The van der Waals surface area contributed by atoms with Crippen LogP contribution in [0.5, 0.6) is 0 Å². The summed E-state index contributed by atoms with van der Waals surface area (Å²) in [6, 6.07) is 33.9. The molecule has 11 heteroatoms. The molecule has 0 atom stereocenters. The largest absolute Gasteiger partial charge is 0.351 e. The molecule has 9 rings (SSSR count). The molecule has 0 aliphatic carbocycles. The summed E-state index contributed by atoms with van der Waals surface area (Å²) in [6.45, 7) is 3.82. The summed E-state index contributed by atoms with van der Waals surface area (Å²) in [5.74, 6) is -0.204. The predicted molar refractivity (Wildman–Crippen MR) is 190 cm³/mol. The van der Waals surface area contributed by atoms with Crippen LogP contribution in [0.1, 0.15) is 44.5 Å². The van der Waals surface area contributed by atoms with Gasteiger partial charge in [-0.3, -0.25) is 14.6 Å². The summed E-state index contributed by atoms with van der Waals surface area (Å²) in [5, 5.41) is 2.92. The Morgan fingerprint density at radius 3 is 1.22 bits per heavy atom. The summed E-state index contributed by atoms with van der Waals surface area (Å²) in [4.78, 5) is 48.4. The maximum absolute atomic E-state index is 13.3. The van der Waals surface area contributed by atoms with Gasteiger partial charge in [0.15, 0.2) is 0 Å². The molecular formula is C39H36N10O. The highest BCUT2D eigenvalue weighted by molar-refractivity contribution is 5.95. The van der Waals surface area contributed by atoms with Crippen molar-refractivity contribution in [2.75, 3.05) is 13.1 Å². The van der Waals surface area contributed by atoms with Crippen LogP contribution in [-0.2, 0) is 39.3 Å². The highest BCUT2D eigenvalue weighted by Gasteiger charge is 2.19. The van der Waals surface area contributed by atoms with Gasteiger partial charge in [0.25, 0.3) is 5.91 Å². The minimum atomic E-state index is -0.204. The van der Waals surface area contributed by atoms with Gasteiger partial charge in [-0.25, -0.2) is 29.9 Å². The molecule has 0 radical (unpaired) electrons. The number of hydrogen-bond acceptors (Lipinski definition) is 10. The second-order valence-corrected chi connectivity index (χ2v) is 12.6. The lowest BCUT2D eigenvalue weighted by Crippen LogP contribution is -2.29. The minimum Gasteiger partial charge on any atom is -0.351 e. The van der Waals surface area contributed by atoms with E-state index in [0.29, 0.717) is 69.3 Å². The lowest BCUT2D eigenvalue weighted by Gasteiger charge is -2.24. The van der Waals surface area contributed by atoms with Gasteiger partial charge in [0, 0.05) is 57.9 Å². The summed E-state index contributed by atoms with van der Waals surface area (Å²) < 4.78 is 0. The minimum absolute atomic E-state index is 0.204. The Morgan fingerprint density at radius 2 is 0.840 bits per heavy atom. The molecule has 0 aromatic carbocycles. The fourth-order valence-corrected chi connectivity index (χ4v) is 6.48. The second-order valence-electron chi connectivity index (χ2n) is 12.6. The van der Waals surface area contributed by atoms with Crippen LogP contribution < -0.4 is 11.1 Å². The van der Waals surface area contributed by atoms with E-state index < -0.39 is 0 Å². The van der Waals surface area contributed by atoms with Crippen LogP contribution in [0, 0.1) is 0 Å². The molecule has 248 valence electrons. The Kier molecular flexibility index (Phi) is 8.83. The lowest BCUT2D eigenvalue weighted by atomic mass is 10.1. The van der Waals surface area contributed by atoms with E-state index in [1.807, 2.05) is 84.9 Å². The van der Waals surface area contributed by atoms with Gasteiger partial charge in [0.1, 0.15) is 0 Å². The number of rotatable bonds is 3. The Morgan fingerprint density at radius 1 is 0.500 bits per heavy atom. The Hall–Kier alpha value is -5.75. The number of nitrogens with two attached hydrogens (primary N) is 1. The number of carbonyl (C=O) groups excluding carboxylic acids is 1. The van der Waals surface area contributed by atoms with Crippen LogP contribution in [0.25, 0.3) is 34.2 Å². The quantitative estimate of drug-likeness (QED) is 0.273. The first kappa shape index (κ1) is 31.5. The lowest BCUT2D eigenvalue weighted by molar-refractivity contribution is 0.0954. The molecule has 3 aliphatic heterocycles. The standard InChI is InChI=1S/C39H36N10O/c40-16-17-41-39(50)26-18-32-25-49-23-29-8-3-13-35(44-29)33-11-1-6-27(42-33)20-48(22-31-10-5-15-37(46-31)38(19-26)47-32)21-28-7-2-12-34(43-28)36-14-4-9-30(24-49)45-36/h1-15,18-19H,16-17,20-25,40H2,(H,41,50). The van der Waals surface area contributed by atoms with Crippen molar-refractivity contribution in [3.05, 3.63) is 143 Å². The van der Waals surface area contributed by atoms with Crippen molar-refractivity contribution in [1.29, 1.82) is 0 Å². The molecule has 11 nitrogen and oxygen atoms in total. The fourth-order valence-electron chi connectivity index (χ4n) is 6.48. The van der Waals surface area contributed by atoms with Gasteiger partial charge in [0.05, 0.1) is 68.3 Å². The molecule has 0 saturated carbocycles. The molecule has 0 unspecified atom stereocenters. The van der Waals surface area contributed by atoms with Gasteiger partial charge in [-0.15, -0.1) is 0 Å². The number of nitrogens with one attached hydrogen (secondary N) is 1. The molecule has 1 amide bonds. The fraction of sp³-hybridized carbons (Fsp3) is 0.205. The van der Waals surface area contributed by atoms with E-state index in [1.54, 1.807) is 6.07 Å². The normalized spacial score (nSPS) is 16.7. The predicted octanol–water partition coefficient (Wildman–Crippen LogP) is 4.78. The molecular weight excluding hydrogens is 624 g/mol.